The average Bonchev–Trinajstić information content (AvgIpc) is 2.77. The van der Waals surface area contributed by atoms with E-state index in [9.17, 15) is 18.0 Å². The van der Waals surface area contributed by atoms with E-state index in [4.69, 9.17) is 38.4 Å². The quantitative estimate of drug-likeness (QED) is 0.446. The molecule has 1 saturated heterocycles. The smallest absolute Gasteiger partial charge is 0.341 e. The van der Waals surface area contributed by atoms with Gasteiger partial charge < -0.3 is 20.5 Å². The Morgan fingerprint density at radius 1 is 1.18 bits per heavy atom. The van der Waals surface area contributed by atoms with Gasteiger partial charge in [0, 0.05) is 23.8 Å². The number of anilines is 2. The minimum Gasteiger partial charge on any atom is -0.449 e. The van der Waals surface area contributed by atoms with Gasteiger partial charge >= 0.3 is 5.97 Å². The molecule has 0 spiro atoms. The van der Waals surface area contributed by atoms with E-state index >= 15 is 0 Å². The molecule has 0 bridgehead atoms. The first-order valence-corrected chi connectivity index (χ1v) is 12.1. The van der Waals surface area contributed by atoms with Gasteiger partial charge in [0.15, 0.2) is 6.10 Å². The van der Waals surface area contributed by atoms with Crippen molar-refractivity contribution in [1.82, 2.24) is 4.31 Å². The van der Waals surface area contributed by atoms with Crippen molar-refractivity contribution >= 4 is 56.5 Å². The molecule has 1 amide bonds. The minimum atomic E-state index is -3.76. The number of benzene rings is 2. The number of morpholine rings is 1. The summed E-state index contributed by atoms with van der Waals surface area (Å²) < 4.78 is 37.8. The summed E-state index contributed by atoms with van der Waals surface area (Å²) in [5.74, 6) is -1.53. The fraction of sp³-hybridized carbons (Fsp3) is 0.333. The van der Waals surface area contributed by atoms with Crippen LogP contribution in [0.2, 0.25) is 10.0 Å². The van der Waals surface area contributed by atoms with Crippen LogP contribution >= 0.6 is 23.2 Å². The molecule has 3 N–H and O–H groups in total. The fourth-order valence-corrected chi connectivity index (χ4v) is 5.31. The number of nitrogens with zero attached hydrogens (tertiary/aromatic N) is 1. The van der Waals surface area contributed by atoms with E-state index in [1.165, 1.54) is 29.4 Å². The number of nitrogen functional groups attached to an aromatic ring is 1. The number of halogens is 2. The van der Waals surface area contributed by atoms with E-state index < -0.39 is 28.0 Å². The molecule has 1 atom stereocenters. The maximum absolute atomic E-state index is 13.0. The highest BCUT2D eigenvalue weighted by Crippen LogP contribution is 2.28. The van der Waals surface area contributed by atoms with E-state index in [0.29, 0.717) is 18.8 Å². The second-order valence-corrected chi connectivity index (χ2v) is 10.1. The molecule has 0 radical (unpaired) electrons. The number of nitrogens with two attached hydrogens (primary N) is 1. The zero-order valence-corrected chi connectivity index (χ0v) is 20.3. The van der Waals surface area contributed by atoms with E-state index in [1.54, 1.807) is 19.1 Å². The number of ether oxygens (including phenoxy) is 2. The molecule has 178 valence electrons. The molecular weight excluding hydrogens is 493 g/mol. The van der Waals surface area contributed by atoms with Crippen molar-refractivity contribution in [2.45, 2.75) is 24.8 Å². The Balaban J connectivity index is 1.74. The highest BCUT2D eigenvalue weighted by molar-refractivity contribution is 7.89. The van der Waals surface area contributed by atoms with Gasteiger partial charge in [0.2, 0.25) is 10.0 Å². The topological polar surface area (TPSA) is 128 Å². The second-order valence-electron chi connectivity index (χ2n) is 7.38. The lowest BCUT2D eigenvalue weighted by atomic mass is 10.2. The average molecular weight is 516 g/mol. The summed E-state index contributed by atoms with van der Waals surface area (Å²) in [6, 6.07) is 7.20. The molecule has 12 heteroatoms. The number of hydrogen-bond donors (Lipinski definition) is 2. The van der Waals surface area contributed by atoms with Crippen LogP contribution in [0.3, 0.4) is 0 Å². The van der Waals surface area contributed by atoms with Crippen LogP contribution in [0, 0.1) is 6.92 Å². The summed E-state index contributed by atoms with van der Waals surface area (Å²) in [4.78, 5) is 25.1. The number of aryl methyl sites for hydroxylation is 1. The molecule has 33 heavy (non-hydrogen) atoms. The molecule has 1 unspecified atom stereocenters. The van der Waals surface area contributed by atoms with E-state index in [2.05, 4.69) is 5.32 Å². The first-order chi connectivity index (χ1) is 15.5. The zero-order valence-electron chi connectivity index (χ0n) is 17.9. The molecule has 1 aliphatic heterocycles. The third-order valence-corrected chi connectivity index (χ3v) is 7.58. The predicted molar refractivity (Wildman–Crippen MR) is 125 cm³/mol. The number of rotatable bonds is 6. The molecular formula is C21H23Cl2N3O6S. The highest BCUT2D eigenvalue weighted by atomic mass is 35.5. The van der Waals surface area contributed by atoms with Crippen LogP contribution in [0.5, 0.6) is 0 Å². The Morgan fingerprint density at radius 3 is 2.52 bits per heavy atom. The van der Waals surface area contributed by atoms with Gasteiger partial charge in [0.1, 0.15) is 0 Å². The van der Waals surface area contributed by atoms with Crippen LogP contribution in [0.25, 0.3) is 0 Å². The number of esters is 1. The molecule has 1 aliphatic rings. The van der Waals surface area contributed by atoms with Gasteiger partial charge in [-0.15, -0.1) is 0 Å². The maximum Gasteiger partial charge on any atom is 0.341 e. The number of nitrogens with one attached hydrogen (secondary N) is 1. The Morgan fingerprint density at radius 2 is 1.85 bits per heavy atom. The van der Waals surface area contributed by atoms with Crippen molar-refractivity contribution in [2.24, 2.45) is 0 Å². The predicted octanol–water partition coefficient (Wildman–Crippen LogP) is 3.09. The maximum atomic E-state index is 13.0. The molecule has 0 aliphatic carbocycles. The summed E-state index contributed by atoms with van der Waals surface area (Å²) in [7, 11) is -3.76. The molecule has 3 rings (SSSR count). The lowest BCUT2D eigenvalue weighted by Crippen LogP contribution is -2.40. The first-order valence-electron chi connectivity index (χ1n) is 9.95. The Kier molecular flexibility index (Phi) is 7.86. The van der Waals surface area contributed by atoms with Crippen LogP contribution < -0.4 is 11.1 Å². The van der Waals surface area contributed by atoms with Crippen LogP contribution in [-0.2, 0) is 24.3 Å². The number of sulfonamides is 1. The van der Waals surface area contributed by atoms with Crippen LogP contribution in [0.1, 0.15) is 22.8 Å². The summed E-state index contributed by atoms with van der Waals surface area (Å²) >= 11 is 11.8. The number of carbonyl (C=O) groups is 2. The van der Waals surface area contributed by atoms with Gasteiger partial charge in [-0.3, -0.25) is 4.79 Å². The second kappa shape index (κ2) is 10.3. The molecule has 2 aromatic rings. The van der Waals surface area contributed by atoms with Crippen molar-refractivity contribution in [3.05, 3.63) is 51.5 Å². The van der Waals surface area contributed by atoms with Gasteiger partial charge in [0.05, 0.1) is 34.4 Å². The van der Waals surface area contributed by atoms with E-state index in [-0.39, 0.29) is 45.0 Å². The highest BCUT2D eigenvalue weighted by Gasteiger charge is 2.28. The number of hydrogen-bond acceptors (Lipinski definition) is 7. The van der Waals surface area contributed by atoms with Gasteiger partial charge in [-0.05, 0) is 43.7 Å². The van der Waals surface area contributed by atoms with Crippen molar-refractivity contribution in [2.75, 3.05) is 37.4 Å². The molecule has 9 nitrogen and oxygen atoms in total. The van der Waals surface area contributed by atoms with Crippen LogP contribution in [0.15, 0.2) is 35.2 Å². The molecule has 2 aromatic carbocycles. The third-order valence-electron chi connectivity index (χ3n) is 5.01. The van der Waals surface area contributed by atoms with Gasteiger partial charge in [-0.1, -0.05) is 29.3 Å². The first kappa shape index (κ1) is 25.3. The third kappa shape index (κ3) is 5.77. The van der Waals surface area contributed by atoms with Crippen molar-refractivity contribution in [3.63, 3.8) is 0 Å². The lowest BCUT2D eigenvalue weighted by Gasteiger charge is -2.27. The van der Waals surface area contributed by atoms with Crippen molar-refractivity contribution in [1.29, 1.82) is 0 Å². The zero-order chi connectivity index (χ0) is 24.3. The normalized spacial score (nSPS) is 15.6. The van der Waals surface area contributed by atoms with Crippen molar-refractivity contribution < 1.29 is 27.5 Å². The van der Waals surface area contributed by atoms with Crippen LogP contribution in [0.4, 0.5) is 11.4 Å². The summed E-state index contributed by atoms with van der Waals surface area (Å²) in [5.41, 5.74) is 6.49. The van der Waals surface area contributed by atoms with Crippen LogP contribution in [-0.4, -0.2) is 57.0 Å². The van der Waals surface area contributed by atoms with Gasteiger partial charge in [-0.2, -0.15) is 4.31 Å². The van der Waals surface area contributed by atoms with E-state index in [1.807, 2.05) is 0 Å². The monoisotopic (exact) mass is 515 g/mol. The Labute approximate surface area is 201 Å². The molecule has 1 heterocycles. The lowest BCUT2D eigenvalue weighted by molar-refractivity contribution is -0.123. The molecule has 0 saturated carbocycles. The van der Waals surface area contributed by atoms with Gasteiger partial charge in [-0.25, -0.2) is 13.2 Å². The van der Waals surface area contributed by atoms with E-state index in [0.717, 1.165) is 0 Å². The SMILES string of the molecule is Cc1ccc(NC(=O)C(C)OC(=O)c2cc(Cl)cc(Cl)c2N)cc1S(=O)(=O)N1CCOCC1. The Bertz CT molecular complexity index is 1180. The largest absolute Gasteiger partial charge is 0.449 e. The Hall–Kier alpha value is -2.37. The summed E-state index contributed by atoms with van der Waals surface area (Å²) in [6.45, 7) is 4.18. The van der Waals surface area contributed by atoms with Gasteiger partial charge in [0.25, 0.3) is 5.91 Å². The standard InChI is InChI=1S/C21H23Cl2N3O6S/c1-12-3-4-15(11-18(12)33(29,30)26-5-7-31-8-6-26)25-20(27)13(2)32-21(28)16-9-14(22)10-17(23)19(16)24/h3-4,9-11,13H,5-8,24H2,1-2H3,(H,25,27). The summed E-state index contributed by atoms with van der Waals surface area (Å²) in [5, 5.41) is 2.84. The molecule has 0 aromatic heterocycles. The number of carbonyl (C=O) groups excluding carboxylic acids is 2. The fourth-order valence-electron chi connectivity index (χ4n) is 3.16. The summed E-state index contributed by atoms with van der Waals surface area (Å²) in [6.07, 6.45) is -1.21. The minimum absolute atomic E-state index is 0.0184. The van der Waals surface area contributed by atoms with Crippen molar-refractivity contribution in [3.8, 4) is 0 Å². The number of amides is 1. The molecule has 1 fully saturated rings.